The fourth-order valence-electron chi connectivity index (χ4n) is 9.57. The molecular weight excluding hydrogens is 935 g/mol. The normalized spacial score (nSPS) is 15.2. The smallest absolute Gasteiger partial charge is 0.340 e. The fourth-order valence-corrected chi connectivity index (χ4v) is 9.57. The molecule has 2 aliphatic rings. The summed E-state index contributed by atoms with van der Waals surface area (Å²) in [6, 6.07) is 41.7. The maximum atomic E-state index is 14.6. The van der Waals surface area contributed by atoms with Crippen LogP contribution in [0.5, 0.6) is 34.5 Å². The monoisotopic (exact) mass is 1000 g/mol. The van der Waals surface area contributed by atoms with Crippen LogP contribution in [0.15, 0.2) is 133 Å². The average Bonchev–Trinajstić information content (AvgIpc) is 3.72. The van der Waals surface area contributed by atoms with E-state index in [-0.39, 0.29) is 28.9 Å². The molecule has 8 rings (SSSR count). The topological polar surface area (TPSA) is 145 Å². The Bertz CT molecular complexity index is 2940. The second-order valence-corrected chi connectivity index (χ2v) is 20.9. The van der Waals surface area contributed by atoms with Crippen LogP contribution in [0.4, 0.5) is 0 Å². The van der Waals surface area contributed by atoms with Gasteiger partial charge in [0.2, 0.25) is 5.91 Å². The van der Waals surface area contributed by atoms with Gasteiger partial charge in [0, 0.05) is 47.5 Å². The van der Waals surface area contributed by atoms with E-state index in [1.807, 2.05) is 85.8 Å². The van der Waals surface area contributed by atoms with Crippen molar-refractivity contribution >= 4 is 23.8 Å². The van der Waals surface area contributed by atoms with Gasteiger partial charge in [0.25, 0.3) is 0 Å². The van der Waals surface area contributed by atoms with Gasteiger partial charge in [-0.15, -0.1) is 0 Å². The van der Waals surface area contributed by atoms with Crippen molar-refractivity contribution in [3.05, 3.63) is 178 Å². The van der Waals surface area contributed by atoms with Crippen molar-refractivity contribution < 1.29 is 52.3 Å². The predicted octanol–water partition coefficient (Wildman–Crippen LogP) is 12.7. The molecule has 386 valence electrons. The van der Waals surface area contributed by atoms with Crippen LogP contribution in [0.25, 0.3) is 0 Å². The molecule has 2 aliphatic heterocycles. The number of benzene rings is 6. The number of nitrogens with one attached hydrogen (secondary N) is 1. The van der Waals surface area contributed by atoms with Crippen molar-refractivity contribution in [3.8, 4) is 34.5 Å². The summed E-state index contributed by atoms with van der Waals surface area (Å²) in [5.41, 5.74) is 1.17. The standard InChI is InChI=1S/C62H67NO11/c1-10-20-46(55(64)63-35-18-11-12-19-36-70-61(40-21-14-13-15-22-40,41-25-29-43(68-8)30-26-41)42-27-31-44(69-9)32-28-42)48-38-51-54(39-52(48)73-58(67)60(5,6)7)72-53-37-45(71-57(66)59(2,3)4)33-34-50(53)62(51)49-24-17-16-23-47(49)56(65)74-62/h13-17,21-34,37-39,46H,10-12,18-20,35-36H2,1-9H3,(H,63,64). The number of methoxy groups -OCH3 is 2. The third-order valence-electron chi connectivity index (χ3n) is 13.6. The largest absolute Gasteiger partial charge is 0.497 e. The van der Waals surface area contributed by atoms with E-state index in [9.17, 15) is 19.2 Å². The fraction of sp³-hybridized carbons (Fsp3) is 0.355. The Morgan fingerprint density at radius 3 is 1.80 bits per heavy atom. The summed E-state index contributed by atoms with van der Waals surface area (Å²) >= 11 is 0. The quantitative estimate of drug-likeness (QED) is 0.0358. The van der Waals surface area contributed by atoms with Gasteiger partial charge >= 0.3 is 17.9 Å². The molecule has 0 saturated heterocycles. The van der Waals surface area contributed by atoms with Gasteiger partial charge in [0.05, 0.1) is 36.5 Å². The van der Waals surface area contributed by atoms with E-state index in [4.69, 9.17) is 33.2 Å². The third kappa shape index (κ3) is 10.6. The first-order valence-corrected chi connectivity index (χ1v) is 25.5. The molecule has 12 nitrogen and oxygen atoms in total. The van der Waals surface area contributed by atoms with Gasteiger partial charge in [-0.25, -0.2) is 4.79 Å². The molecule has 6 aromatic carbocycles. The van der Waals surface area contributed by atoms with E-state index in [1.165, 1.54) is 0 Å². The summed E-state index contributed by atoms with van der Waals surface area (Å²) < 4.78 is 43.2. The Balaban J connectivity index is 1.03. The highest BCUT2D eigenvalue weighted by Crippen LogP contribution is 2.58. The first kappa shape index (κ1) is 52.9. The second kappa shape index (κ2) is 22.0. The number of fused-ring (bicyclic) bond motifs is 6. The van der Waals surface area contributed by atoms with Crippen molar-refractivity contribution in [2.75, 3.05) is 27.4 Å². The second-order valence-electron chi connectivity index (χ2n) is 20.9. The van der Waals surface area contributed by atoms with Gasteiger partial charge in [0.15, 0.2) is 5.60 Å². The number of hydrogen-bond donors (Lipinski definition) is 1. The van der Waals surface area contributed by atoms with E-state index in [0.29, 0.717) is 53.8 Å². The highest BCUT2D eigenvalue weighted by atomic mass is 16.6. The third-order valence-corrected chi connectivity index (χ3v) is 13.6. The molecule has 0 fully saturated rings. The zero-order chi connectivity index (χ0) is 52.8. The van der Waals surface area contributed by atoms with E-state index in [0.717, 1.165) is 53.9 Å². The minimum Gasteiger partial charge on any atom is -0.497 e. The van der Waals surface area contributed by atoms with Crippen molar-refractivity contribution in [1.82, 2.24) is 5.32 Å². The Kier molecular flexibility index (Phi) is 15.7. The molecule has 6 aromatic rings. The number of hydrogen-bond acceptors (Lipinski definition) is 11. The number of esters is 3. The zero-order valence-corrected chi connectivity index (χ0v) is 43.9. The number of carbonyl (C=O) groups is 4. The number of unbranched alkanes of at least 4 members (excludes halogenated alkanes) is 3. The van der Waals surface area contributed by atoms with E-state index >= 15 is 0 Å². The van der Waals surface area contributed by atoms with Crippen LogP contribution in [0, 0.1) is 10.8 Å². The predicted molar refractivity (Wildman–Crippen MR) is 282 cm³/mol. The minimum absolute atomic E-state index is 0.152. The van der Waals surface area contributed by atoms with Gasteiger partial charge in [-0.2, -0.15) is 0 Å². The number of rotatable bonds is 19. The number of ether oxygens (including phenoxy) is 7. The molecule has 0 radical (unpaired) electrons. The van der Waals surface area contributed by atoms with Crippen molar-refractivity contribution in [2.24, 2.45) is 10.8 Å². The molecule has 12 heteroatoms. The van der Waals surface area contributed by atoms with Crippen molar-refractivity contribution in [1.29, 1.82) is 0 Å². The Morgan fingerprint density at radius 2 is 1.18 bits per heavy atom. The molecule has 74 heavy (non-hydrogen) atoms. The SMILES string of the molecule is CCCC(C(=O)NCCCCCCOC(c1ccccc1)(c1ccc(OC)cc1)c1ccc(OC)cc1)c1cc2c(cc1OC(=O)C(C)(C)C)Oc1cc(OC(=O)C(C)(C)C)ccc1C21OC(=O)c2ccccc21. The van der Waals surface area contributed by atoms with Crippen LogP contribution in [-0.2, 0) is 35.1 Å². The lowest BCUT2D eigenvalue weighted by atomic mass is 9.76. The van der Waals surface area contributed by atoms with Gasteiger partial charge < -0.3 is 38.5 Å². The molecule has 1 amide bonds. The summed E-state index contributed by atoms with van der Waals surface area (Å²) in [6.07, 6.45) is 4.24. The highest BCUT2D eigenvalue weighted by molar-refractivity contribution is 5.97. The summed E-state index contributed by atoms with van der Waals surface area (Å²) in [5.74, 6) is -0.0481. The molecule has 1 N–H and O–H groups in total. The lowest BCUT2D eigenvalue weighted by Crippen LogP contribution is -2.35. The van der Waals surface area contributed by atoms with E-state index < -0.39 is 45.9 Å². The molecule has 2 unspecified atom stereocenters. The van der Waals surface area contributed by atoms with Gasteiger partial charge in [-0.1, -0.05) is 99.0 Å². The number of carbonyl (C=O) groups excluding carboxylic acids is 4. The summed E-state index contributed by atoms with van der Waals surface area (Å²) in [7, 11) is 3.30. The Hall–Kier alpha value is -7.44. The first-order valence-electron chi connectivity index (χ1n) is 25.5. The van der Waals surface area contributed by atoms with Gasteiger partial charge in [-0.05, 0) is 126 Å². The Labute approximate surface area is 434 Å². The molecule has 2 heterocycles. The first-order chi connectivity index (χ1) is 35.4. The van der Waals surface area contributed by atoms with Crippen LogP contribution >= 0.6 is 0 Å². The van der Waals surface area contributed by atoms with Crippen LogP contribution in [0.1, 0.15) is 142 Å². The minimum atomic E-state index is -1.52. The maximum Gasteiger partial charge on any atom is 0.340 e. The van der Waals surface area contributed by atoms with E-state index in [1.54, 1.807) is 98.2 Å². The van der Waals surface area contributed by atoms with Crippen LogP contribution in [0.3, 0.4) is 0 Å². The molecular formula is C62H67NO11. The number of amides is 1. The van der Waals surface area contributed by atoms with Crippen molar-refractivity contribution in [2.45, 2.75) is 104 Å². The lowest BCUT2D eigenvalue weighted by molar-refractivity contribution is -0.143. The Morgan fingerprint density at radius 1 is 0.608 bits per heavy atom. The lowest BCUT2D eigenvalue weighted by Gasteiger charge is -2.37. The average molecular weight is 1000 g/mol. The summed E-state index contributed by atoms with van der Waals surface area (Å²) in [5, 5.41) is 3.20. The summed E-state index contributed by atoms with van der Waals surface area (Å²) in [4.78, 5) is 55.1. The molecule has 0 saturated carbocycles. The molecule has 2 atom stereocenters. The molecule has 1 spiro atoms. The molecule has 0 aliphatic carbocycles. The molecule has 0 bridgehead atoms. The van der Waals surface area contributed by atoms with Crippen LogP contribution < -0.4 is 29.0 Å². The van der Waals surface area contributed by atoms with E-state index in [2.05, 4.69) is 17.4 Å². The van der Waals surface area contributed by atoms with Crippen LogP contribution in [0.2, 0.25) is 0 Å². The van der Waals surface area contributed by atoms with Crippen molar-refractivity contribution in [3.63, 3.8) is 0 Å². The van der Waals surface area contributed by atoms with Crippen LogP contribution in [-0.4, -0.2) is 51.2 Å². The zero-order valence-electron chi connectivity index (χ0n) is 43.9. The molecule has 0 aromatic heterocycles. The van der Waals surface area contributed by atoms with Gasteiger partial charge in [0.1, 0.15) is 40.1 Å². The highest BCUT2D eigenvalue weighted by Gasteiger charge is 2.54. The summed E-state index contributed by atoms with van der Waals surface area (Å²) in [6.45, 7) is 13.4. The maximum absolute atomic E-state index is 14.6. The van der Waals surface area contributed by atoms with Gasteiger partial charge in [-0.3, -0.25) is 14.4 Å².